The van der Waals surface area contributed by atoms with E-state index in [9.17, 15) is 9.18 Å². The van der Waals surface area contributed by atoms with Gasteiger partial charge in [-0.1, -0.05) is 36.4 Å². The molecule has 1 N–H and O–H groups in total. The molecule has 1 amide bonds. The number of para-hydroxylation sites is 1. The maximum Gasteiger partial charge on any atom is 0.276 e. The van der Waals surface area contributed by atoms with Crippen LogP contribution in [0.15, 0.2) is 54.7 Å². The number of hydrogen-bond donors (Lipinski definition) is 1. The molecule has 0 aliphatic carbocycles. The zero-order valence-corrected chi connectivity index (χ0v) is 15.0. The Morgan fingerprint density at radius 3 is 2.81 bits per heavy atom. The number of fused-ring (bicyclic) bond motifs is 3. The number of amides is 1. The molecule has 0 fully saturated rings. The summed E-state index contributed by atoms with van der Waals surface area (Å²) in [5, 5.41) is 1.12. The number of carbonyl (C=O) groups excluding carboxylic acids is 1. The van der Waals surface area contributed by atoms with Gasteiger partial charge in [-0.2, -0.15) is 8.75 Å². The number of rotatable bonds is 2. The summed E-state index contributed by atoms with van der Waals surface area (Å²) in [5.41, 5.74) is 3.76. The average molecular weight is 378 g/mol. The Labute approximate surface area is 158 Å². The summed E-state index contributed by atoms with van der Waals surface area (Å²) in [7, 11) is 0. The minimum Gasteiger partial charge on any atom is -0.356 e. The van der Waals surface area contributed by atoms with Crippen LogP contribution in [0.25, 0.3) is 10.9 Å². The topological polar surface area (TPSA) is 61.9 Å². The second-order valence-corrected chi connectivity index (χ2v) is 7.08. The van der Waals surface area contributed by atoms with E-state index in [4.69, 9.17) is 0 Å². The fourth-order valence-corrected chi connectivity index (χ4v) is 4.29. The lowest BCUT2D eigenvalue weighted by Crippen LogP contribution is -2.41. The highest BCUT2D eigenvalue weighted by Gasteiger charge is 2.36. The standard InChI is InChI=1S/C20H15FN4OS/c21-15-7-3-1-6-14(15)19-18-13(12-5-2-4-8-16(12)23-18)9-10-25(19)20(26)17-11-22-27-24-17/h1-8,11,19,23H,9-10H2/t19-/m1/s1. The van der Waals surface area contributed by atoms with Crippen LogP contribution < -0.4 is 0 Å². The van der Waals surface area contributed by atoms with Crippen molar-refractivity contribution in [1.82, 2.24) is 18.6 Å². The Bertz CT molecular complexity index is 1140. The zero-order valence-electron chi connectivity index (χ0n) is 14.2. The maximum absolute atomic E-state index is 14.7. The van der Waals surface area contributed by atoms with Crippen LogP contribution in [0, 0.1) is 5.82 Å². The highest BCUT2D eigenvalue weighted by atomic mass is 32.1. The molecule has 1 aliphatic rings. The van der Waals surface area contributed by atoms with Crippen LogP contribution in [0.5, 0.6) is 0 Å². The first kappa shape index (κ1) is 16.1. The summed E-state index contributed by atoms with van der Waals surface area (Å²) in [6.45, 7) is 0.490. The molecule has 5 rings (SSSR count). The number of nitrogens with one attached hydrogen (secondary N) is 1. The molecular weight excluding hydrogens is 363 g/mol. The van der Waals surface area contributed by atoms with Gasteiger partial charge in [0.15, 0.2) is 5.69 Å². The van der Waals surface area contributed by atoms with E-state index >= 15 is 0 Å². The van der Waals surface area contributed by atoms with Crippen molar-refractivity contribution in [3.63, 3.8) is 0 Å². The van der Waals surface area contributed by atoms with Gasteiger partial charge in [0.2, 0.25) is 0 Å². The van der Waals surface area contributed by atoms with Crippen molar-refractivity contribution in [3.05, 3.63) is 83.1 Å². The summed E-state index contributed by atoms with van der Waals surface area (Å²) in [6, 6.07) is 14.1. The number of aromatic nitrogens is 3. The van der Waals surface area contributed by atoms with Crippen LogP contribution in [0.1, 0.15) is 33.4 Å². The SMILES string of the molecule is O=C(c1cnsn1)N1CCc2c([nH]c3ccccc23)[C@H]1c1ccccc1F. The first-order chi connectivity index (χ1) is 13.2. The average Bonchev–Trinajstić information content (AvgIpc) is 3.35. The van der Waals surface area contributed by atoms with E-state index in [0.717, 1.165) is 33.9 Å². The molecule has 5 nitrogen and oxygen atoms in total. The van der Waals surface area contributed by atoms with Crippen LogP contribution in [0.4, 0.5) is 4.39 Å². The van der Waals surface area contributed by atoms with Crippen LogP contribution in [-0.4, -0.2) is 31.1 Å². The van der Waals surface area contributed by atoms with Crippen molar-refractivity contribution >= 4 is 28.5 Å². The Kier molecular flexibility index (Phi) is 3.75. The molecule has 4 aromatic rings. The Hall–Kier alpha value is -3.06. The molecule has 1 aliphatic heterocycles. The Morgan fingerprint density at radius 2 is 2.00 bits per heavy atom. The lowest BCUT2D eigenvalue weighted by atomic mass is 9.92. The summed E-state index contributed by atoms with van der Waals surface area (Å²) in [6.07, 6.45) is 2.17. The van der Waals surface area contributed by atoms with Gasteiger partial charge >= 0.3 is 0 Å². The molecule has 0 bridgehead atoms. The second kappa shape index (κ2) is 6.28. The predicted molar refractivity (Wildman–Crippen MR) is 101 cm³/mol. The number of nitrogens with zero attached hydrogens (tertiary/aromatic N) is 3. The third kappa shape index (κ3) is 2.54. The first-order valence-electron chi connectivity index (χ1n) is 8.66. The molecule has 0 spiro atoms. The maximum atomic E-state index is 14.7. The van der Waals surface area contributed by atoms with Gasteiger partial charge in [0.1, 0.15) is 11.9 Å². The van der Waals surface area contributed by atoms with Crippen LogP contribution in [0.2, 0.25) is 0 Å². The quantitative estimate of drug-likeness (QED) is 0.575. The van der Waals surface area contributed by atoms with Crippen LogP contribution >= 0.6 is 11.7 Å². The highest BCUT2D eigenvalue weighted by molar-refractivity contribution is 6.99. The van der Waals surface area contributed by atoms with E-state index in [1.807, 2.05) is 18.2 Å². The Balaban J connectivity index is 1.71. The highest BCUT2D eigenvalue weighted by Crippen LogP contribution is 2.39. The molecule has 1 atom stereocenters. The minimum atomic E-state index is -0.531. The molecule has 0 unspecified atom stereocenters. The second-order valence-electron chi connectivity index (χ2n) is 6.53. The largest absolute Gasteiger partial charge is 0.356 e. The van der Waals surface area contributed by atoms with Crippen molar-refractivity contribution in [1.29, 1.82) is 0 Å². The molecule has 27 heavy (non-hydrogen) atoms. The van der Waals surface area contributed by atoms with Crippen molar-refractivity contribution in [3.8, 4) is 0 Å². The molecule has 7 heteroatoms. The number of carbonyl (C=O) groups is 1. The molecule has 0 saturated heterocycles. The van der Waals surface area contributed by atoms with Crippen LogP contribution in [-0.2, 0) is 6.42 Å². The first-order valence-corrected chi connectivity index (χ1v) is 9.39. The van der Waals surface area contributed by atoms with Gasteiger partial charge in [-0.25, -0.2) is 4.39 Å². The predicted octanol–water partition coefficient (Wildman–Crippen LogP) is 3.95. The number of benzene rings is 2. The molecule has 0 radical (unpaired) electrons. The fraction of sp³-hybridized carbons (Fsp3) is 0.150. The molecule has 2 aromatic carbocycles. The lowest BCUT2D eigenvalue weighted by Gasteiger charge is -2.35. The van der Waals surface area contributed by atoms with E-state index in [-0.39, 0.29) is 11.7 Å². The smallest absolute Gasteiger partial charge is 0.276 e. The molecule has 134 valence electrons. The molecule has 2 aromatic heterocycles. The number of halogens is 1. The Morgan fingerprint density at radius 1 is 1.19 bits per heavy atom. The lowest BCUT2D eigenvalue weighted by molar-refractivity contribution is 0.0684. The summed E-state index contributed by atoms with van der Waals surface area (Å²) >= 11 is 0.992. The summed E-state index contributed by atoms with van der Waals surface area (Å²) in [4.78, 5) is 18.2. The van der Waals surface area contributed by atoms with E-state index in [1.54, 1.807) is 23.1 Å². The van der Waals surface area contributed by atoms with E-state index in [2.05, 4.69) is 19.8 Å². The monoisotopic (exact) mass is 378 g/mol. The van der Waals surface area contributed by atoms with Gasteiger partial charge in [0, 0.05) is 28.7 Å². The zero-order chi connectivity index (χ0) is 18.4. The number of aromatic amines is 1. The third-order valence-corrected chi connectivity index (χ3v) is 5.55. The third-order valence-electron chi connectivity index (χ3n) is 5.08. The van der Waals surface area contributed by atoms with Gasteiger partial charge in [-0.3, -0.25) is 4.79 Å². The minimum absolute atomic E-state index is 0.235. The summed E-state index contributed by atoms with van der Waals surface area (Å²) < 4.78 is 22.7. The van der Waals surface area contributed by atoms with E-state index in [1.165, 1.54) is 12.3 Å². The van der Waals surface area contributed by atoms with Crippen molar-refractivity contribution in [2.24, 2.45) is 0 Å². The van der Waals surface area contributed by atoms with Gasteiger partial charge in [0.05, 0.1) is 17.9 Å². The number of H-pyrrole nitrogens is 1. The number of hydrogen-bond acceptors (Lipinski definition) is 4. The summed E-state index contributed by atoms with van der Waals surface area (Å²) in [5.74, 6) is -0.565. The van der Waals surface area contributed by atoms with E-state index in [0.29, 0.717) is 24.2 Å². The normalized spacial score (nSPS) is 16.5. The molecular formula is C20H15FN4OS. The van der Waals surface area contributed by atoms with Crippen molar-refractivity contribution in [2.45, 2.75) is 12.5 Å². The van der Waals surface area contributed by atoms with Crippen molar-refractivity contribution in [2.75, 3.05) is 6.54 Å². The molecule has 3 heterocycles. The fourth-order valence-electron chi connectivity index (χ4n) is 3.89. The van der Waals surface area contributed by atoms with Gasteiger partial charge in [-0.05, 0) is 24.1 Å². The van der Waals surface area contributed by atoms with Crippen molar-refractivity contribution < 1.29 is 9.18 Å². The van der Waals surface area contributed by atoms with Gasteiger partial charge in [-0.15, -0.1) is 0 Å². The molecule has 0 saturated carbocycles. The van der Waals surface area contributed by atoms with Gasteiger partial charge in [0.25, 0.3) is 5.91 Å². The van der Waals surface area contributed by atoms with Gasteiger partial charge < -0.3 is 9.88 Å². The van der Waals surface area contributed by atoms with E-state index < -0.39 is 6.04 Å². The van der Waals surface area contributed by atoms with Crippen LogP contribution in [0.3, 0.4) is 0 Å².